The summed E-state index contributed by atoms with van der Waals surface area (Å²) in [7, 11) is -3.28. The van der Waals surface area contributed by atoms with Crippen molar-refractivity contribution < 1.29 is 18.0 Å². The van der Waals surface area contributed by atoms with Gasteiger partial charge < -0.3 is 21.3 Å². The molecule has 194 valence electrons. The van der Waals surface area contributed by atoms with E-state index < -0.39 is 15.9 Å². The molecule has 2 amide bonds. The first-order valence-corrected chi connectivity index (χ1v) is 13.8. The standard InChI is InChI=1S/C26H30N6O4S/c1-37(35,36)31-20-10-12-32(13-11-20)26(34)19-8-5-9-21(14-19)30-24-15-23(22(17-29-24)25(27)33)28-16-18-6-3-2-4-7-18/h2-9,14-15,17,20,31H,10-13,16H2,1H3,(H2,27,33)(H2,28,29,30). The molecule has 37 heavy (non-hydrogen) atoms. The zero-order valence-corrected chi connectivity index (χ0v) is 21.3. The van der Waals surface area contributed by atoms with Gasteiger partial charge in [-0.3, -0.25) is 9.59 Å². The molecule has 11 heteroatoms. The lowest BCUT2D eigenvalue weighted by molar-refractivity contribution is 0.0711. The Kier molecular flexibility index (Phi) is 8.04. The van der Waals surface area contributed by atoms with E-state index in [1.807, 2.05) is 36.4 Å². The van der Waals surface area contributed by atoms with Gasteiger partial charge in [-0.25, -0.2) is 18.1 Å². The van der Waals surface area contributed by atoms with Gasteiger partial charge in [-0.2, -0.15) is 0 Å². The minimum Gasteiger partial charge on any atom is -0.380 e. The fourth-order valence-electron chi connectivity index (χ4n) is 4.22. The van der Waals surface area contributed by atoms with Crippen LogP contribution in [0.5, 0.6) is 0 Å². The summed E-state index contributed by atoms with van der Waals surface area (Å²) in [5.74, 6) is -0.223. The number of sulfonamides is 1. The van der Waals surface area contributed by atoms with Crippen molar-refractivity contribution in [2.75, 3.05) is 30.0 Å². The first-order chi connectivity index (χ1) is 17.7. The van der Waals surface area contributed by atoms with Crippen LogP contribution < -0.4 is 21.1 Å². The summed E-state index contributed by atoms with van der Waals surface area (Å²) in [6.45, 7) is 1.44. The average molecular weight is 523 g/mol. The number of benzene rings is 2. The second kappa shape index (κ2) is 11.4. The molecule has 1 aliphatic heterocycles. The molecule has 0 aliphatic carbocycles. The number of piperidine rings is 1. The number of rotatable bonds is 9. The fourth-order valence-corrected chi connectivity index (χ4v) is 5.06. The molecule has 2 heterocycles. The molecule has 0 radical (unpaired) electrons. The van der Waals surface area contributed by atoms with Crippen molar-refractivity contribution in [2.45, 2.75) is 25.4 Å². The van der Waals surface area contributed by atoms with E-state index in [2.05, 4.69) is 20.3 Å². The van der Waals surface area contributed by atoms with Crippen molar-refractivity contribution >= 4 is 39.0 Å². The molecule has 1 aliphatic rings. The molecule has 0 bridgehead atoms. The molecular formula is C26H30N6O4S. The summed E-state index contributed by atoms with van der Waals surface area (Å²) in [4.78, 5) is 31.0. The van der Waals surface area contributed by atoms with E-state index in [1.165, 1.54) is 6.20 Å². The van der Waals surface area contributed by atoms with Gasteiger partial charge in [0.05, 0.1) is 17.5 Å². The number of likely N-dealkylation sites (tertiary alicyclic amines) is 1. The van der Waals surface area contributed by atoms with Crippen molar-refractivity contribution in [2.24, 2.45) is 5.73 Å². The predicted molar refractivity (Wildman–Crippen MR) is 143 cm³/mol. The van der Waals surface area contributed by atoms with E-state index in [0.29, 0.717) is 55.2 Å². The van der Waals surface area contributed by atoms with Crippen molar-refractivity contribution in [3.8, 4) is 0 Å². The maximum absolute atomic E-state index is 13.1. The number of amides is 2. The number of carbonyl (C=O) groups excluding carboxylic acids is 2. The SMILES string of the molecule is CS(=O)(=O)NC1CCN(C(=O)c2cccc(Nc3cc(NCc4ccccc4)c(C(N)=O)cn3)c2)CC1. The quantitative estimate of drug-likeness (QED) is 0.338. The number of hydrogen-bond donors (Lipinski definition) is 4. The van der Waals surface area contributed by atoms with Crippen LogP contribution in [0.25, 0.3) is 0 Å². The molecule has 0 saturated carbocycles. The number of pyridine rings is 1. The highest BCUT2D eigenvalue weighted by Gasteiger charge is 2.25. The van der Waals surface area contributed by atoms with E-state index in [-0.39, 0.29) is 17.5 Å². The van der Waals surface area contributed by atoms with Gasteiger partial charge >= 0.3 is 0 Å². The van der Waals surface area contributed by atoms with Crippen molar-refractivity contribution in [3.63, 3.8) is 0 Å². The highest BCUT2D eigenvalue weighted by atomic mass is 32.2. The molecule has 1 aromatic heterocycles. The second-order valence-corrected chi connectivity index (χ2v) is 10.8. The van der Waals surface area contributed by atoms with Crippen molar-refractivity contribution in [1.29, 1.82) is 0 Å². The van der Waals surface area contributed by atoms with Crippen LogP contribution in [0.4, 0.5) is 17.2 Å². The Hall–Kier alpha value is -3.96. The first kappa shape index (κ1) is 26.1. The fraction of sp³-hybridized carbons (Fsp3) is 0.269. The lowest BCUT2D eigenvalue weighted by Crippen LogP contribution is -2.46. The third-order valence-corrected chi connectivity index (χ3v) is 6.80. The van der Waals surface area contributed by atoms with E-state index >= 15 is 0 Å². The van der Waals surface area contributed by atoms with Crippen LogP contribution in [0.15, 0.2) is 66.9 Å². The Balaban J connectivity index is 1.44. The van der Waals surface area contributed by atoms with Gasteiger partial charge in [0.25, 0.3) is 11.8 Å². The van der Waals surface area contributed by atoms with Gasteiger partial charge in [0.1, 0.15) is 5.82 Å². The number of aromatic nitrogens is 1. The lowest BCUT2D eigenvalue weighted by Gasteiger charge is -2.32. The Morgan fingerprint density at radius 3 is 2.46 bits per heavy atom. The molecule has 4 rings (SSSR count). The molecule has 1 saturated heterocycles. The van der Waals surface area contributed by atoms with E-state index in [0.717, 1.165) is 11.8 Å². The Morgan fingerprint density at radius 2 is 1.78 bits per heavy atom. The Labute approximate surface area is 216 Å². The molecule has 3 aromatic rings. The monoisotopic (exact) mass is 522 g/mol. The molecule has 0 unspecified atom stereocenters. The van der Waals surface area contributed by atoms with E-state index in [9.17, 15) is 18.0 Å². The van der Waals surface area contributed by atoms with Gasteiger partial charge in [-0.1, -0.05) is 36.4 Å². The number of anilines is 3. The van der Waals surface area contributed by atoms with Crippen LogP contribution in [0.2, 0.25) is 0 Å². The van der Waals surface area contributed by atoms with Crippen molar-refractivity contribution in [1.82, 2.24) is 14.6 Å². The van der Waals surface area contributed by atoms with E-state index in [4.69, 9.17) is 5.73 Å². The minimum absolute atomic E-state index is 0.122. The summed E-state index contributed by atoms with van der Waals surface area (Å²) >= 11 is 0. The second-order valence-electron chi connectivity index (χ2n) is 8.98. The number of nitrogens with zero attached hydrogens (tertiary/aromatic N) is 2. The van der Waals surface area contributed by atoms with Gasteiger partial charge in [-0.15, -0.1) is 0 Å². The Bertz CT molecular complexity index is 1370. The molecular weight excluding hydrogens is 492 g/mol. The summed E-state index contributed by atoms with van der Waals surface area (Å²) < 4.78 is 25.5. The van der Waals surface area contributed by atoms with Crippen LogP contribution in [0.3, 0.4) is 0 Å². The summed E-state index contributed by atoms with van der Waals surface area (Å²) in [5, 5.41) is 6.43. The zero-order valence-electron chi connectivity index (χ0n) is 20.5. The van der Waals surface area contributed by atoms with Gasteiger partial charge in [0, 0.05) is 49.2 Å². The summed E-state index contributed by atoms with van der Waals surface area (Å²) in [6.07, 6.45) is 3.68. The summed E-state index contributed by atoms with van der Waals surface area (Å²) in [5.41, 5.74) is 8.58. The molecule has 1 fully saturated rings. The third kappa shape index (κ3) is 7.28. The predicted octanol–water partition coefficient (Wildman–Crippen LogP) is 2.69. The molecule has 2 aromatic carbocycles. The van der Waals surface area contributed by atoms with Gasteiger partial charge in [-0.05, 0) is 36.6 Å². The molecule has 0 spiro atoms. The smallest absolute Gasteiger partial charge is 0.253 e. The van der Waals surface area contributed by atoms with Crippen LogP contribution in [0.1, 0.15) is 39.1 Å². The highest BCUT2D eigenvalue weighted by molar-refractivity contribution is 7.88. The lowest BCUT2D eigenvalue weighted by atomic mass is 10.0. The number of nitrogens with one attached hydrogen (secondary N) is 3. The number of hydrogen-bond acceptors (Lipinski definition) is 7. The molecule has 5 N–H and O–H groups in total. The third-order valence-electron chi connectivity index (χ3n) is 6.04. The maximum atomic E-state index is 13.1. The van der Waals surface area contributed by atoms with E-state index in [1.54, 1.807) is 29.2 Å². The van der Waals surface area contributed by atoms with Crippen LogP contribution in [0, 0.1) is 0 Å². The van der Waals surface area contributed by atoms with Crippen molar-refractivity contribution in [3.05, 3.63) is 83.6 Å². The number of nitrogens with two attached hydrogens (primary N) is 1. The number of carbonyl (C=O) groups is 2. The summed E-state index contributed by atoms with van der Waals surface area (Å²) in [6, 6.07) is 18.4. The normalized spacial score (nSPS) is 14.2. The Morgan fingerprint density at radius 1 is 1.05 bits per heavy atom. The van der Waals surface area contributed by atoms with Gasteiger partial charge in [0.2, 0.25) is 10.0 Å². The minimum atomic E-state index is -3.28. The van der Waals surface area contributed by atoms with Crippen LogP contribution in [-0.4, -0.2) is 55.5 Å². The average Bonchev–Trinajstić information content (AvgIpc) is 2.87. The largest absolute Gasteiger partial charge is 0.380 e. The van der Waals surface area contributed by atoms with Crippen LogP contribution in [-0.2, 0) is 16.6 Å². The highest BCUT2D eigenvalue weighted by Crippen LogP contribution is 2.24. The molecule has 0 atom stereocenters. The topological polar surface area (TPSA) is 147 Å². The molecule has 10 nitrogen and oxygen atoms in total. The van der Waals surface area contributed by atoms with Crippen LogP contribution >= 0.6 is 0 Å². The zero-order chi connectivity index (χ0) is 26.4. The maximum Gasteiger partial charge on any atom is 0.253 e. The first-order valence-electron chi connectivity index (χ1n) is 11.9. The number of primary amides is 1. The van der Waals surface area contributed by atoms with Gasteiger partial charge in [0.15, 0.2) is 0 Å².